The molecule has 1 aromatic heterocycles. The number of nitrogens with zero attached hydrogens (tertiary/aromatic N) is 2. The molecule has 0 atom stereocenters. The van der Waals surface area contributed by atoms with E-state index in [0.29, 0.717) is 9.86 Å². The molecule has 0 radical (unpaired) electrons. The van der Waals surface area contributed by atoms with Gasteiger partial charge in [0.05, 0.1) is 21.0 Å². The number of carbonyl (C=O) groups is 1. The number of hydrogen-bond acceptors (Lipinski definition) is 3. The maximum atomic E-state index is 13.3. The fourth-order valence-corrected chi connectivity index (χ4v) is 2.71. The minimum Gasteiger partial charge on any atom is -0.485 e. The number of fused-ring (bicyclic) bond motifs is 1. The zero-order valence-corrected chi connectivity index (χ0v) is 13.4. The Labute approximate surface area is 132 Å². The minimum absolute atomic E-state index is 0.0107. The third-order valence-corrected chi connectivity index (χ3v) is 3.96. The predicted octanol–water partition coefficient (Wildman–Crippen LogP) is 3.82. The van der Waals surface area contributed by atoms with Crippen molar-refractivity contribution >= 4 is 39.9 Å². The summed E-state index contributed by atoms with van der Waals surface area (Å²) in [5.74, 6) is 0.0107. The Kier molecular flexibility index (Phi) is 4.45. The summed E-state index contributed by atoms with van der Waals surface area (Å²) in [4.78, 5) is 14.4. The largest absolute Gasteiger partial charge is 0.485 e. The molecule has 0 aliphatic carbocycles. The third-order valence-electron chi connectivity index (χ3n) is 2.92. The second-order valence-corrected chi connectivity index (χ2v) is 5.73. The van der Waals surface area contributed by atoms with Gasteiger partial charge < -0.3 is 9.30 Å². The first-order chi connectivity index (χ1) is 9.77. The Hall–Kier alpha value is -1.32. The zero-order valence-electron chi connectivity index (χ0n) is 11.2. The van der Waals surface area contributed by atoms with Crippen LogP contribution in [0.1, 0.15) is 25.5 Å². The van der Waals surface area contributed by atoms with Crippen LogP contribution in [0.5, 0.6) is 5.75 Å². The van der Waals surface area contributed by atoms with Crippen LogP contribution in [0.3, 0.4) is 0 Å². The lowest BCUT2D eigenvalue weighted by molar-refractivity contribution is -0.136. The molecule has 114 valence electrons. The number of carbonyl (C=O) groups excluding carboxylic acids is 1. The van der Waals surface area contributed by atoms with Gasteiger partial charge in [-0.15, -0.1) is 0 Å². The number of aldehydes is 1. The first-order valence-electron chi connectivity index (χ1n) is 6.10. The standard InChI is InChI=1S/C13H12F3IN2O2/c1-7(2)19-6-18-11-10(17)9(21-4-3-20)5-8(12(11)19)13(14,15)16/h3,5-7H,4H2,1-2H3. The Morgan fingerprint density at radius 2 is 2.14 bits per heavy atom. The highest BCUT2D eigenvalue weighted by Crippen LogP contribution is 2.41. The van der Waals surface area contributed by atoms with E-state index in [1.165, 1.54) is 10.9 Å². The van der Waals surface area contributed by atoms with Crippen LogP contribution in [-0.4, -0.2) is 22.4 Å². The van der Waals surface area contributed by atoms with Gasteiger partial charge in [0, 0.05) is 6.04 Å². The maximum Gasteiger partial charge on any atom is 0.418 e. The highest BCUT2D eigenvalue weighted by molar-refractivity contribution is 14.1. The smallest absolute Gasteiger partial charge is 0.418 e. The number of benzene rings is 1. The molecular weight excluding hydrogens is 400 g/mol. The van der Waals surface area contributed by atoms with Crippen molar-refractivity contribution in [2.45, 2.75) is 26.1 Å². The van der Waals surface area contributed by atoms with Crippen molar-refractivity contribution in [1.82, 2.24) is 9.55 Å². The van der Waals surface area contributed by atoms with Gasteiger partial charge in [-0.3, -0.25) is 4.79 Å². The topological polar surface area (TPSA) is 44.1 Å². The molecule has 2 rings (SSSR count). The summed E-state index contributed by atoms with van der Waals surface area (Å²) in [7, 11) is 0. The summed E-state index contributed by atoms with van der Waals surface area (Å²) in [5, 5.41) is 0. The molecule has 0 bridgehead atoms. The van der Waals surface area contributed by atoms with E-state index >= 15 is 0 Å². The van der Waals surface area contributed by atoms with Gasteiger partial charge in [0.25, 0.3) is 0 Å². The van der Waals surface area contributed by atoms with Crippen LogP contribution in [-0.2, 0) is 11.0 Å². The van der Waals surface area contributed by atoms with Gasteiger partial charge in [0.2, 0.25) is 0 Å². The predicted molar refractivity (Wildman–Crippen MR) is 79.4 cm³/mol. The second kappa shape index (κ2) is 5.82. The van der Waals surface area contributed by atoms with Crippen molar-refractivity contribution in [3.63, 3.8) is 0 Å². The summed E-state index contributed by atoms with van der Waals surface area (Å²) in [6.45, 7) is 3.26. The molecule has 8 heteroatoms. The van der Waals surface area contributed by atoms with Gasteiger partial charge in [0.1, 0.15) is 17.9 Å². The van der Waals surface area contributed by atoms with Crippen molar-refractivity contribution in [3.8, 4) is 5.75 Å². The van der Waals surface area contributed by atoms with Crippen molar-refractivity contribution in [2.24, 2.45) is 0 Å². The first kappa shape index (κ1) is 16.1. The van der Waals surface area contributed by atoms with E-state index in [4.69, 9.17) is 4.74 Å². The molecule has 4 nitrogen and oxygen atoms in total. The van der Waals surface area contributed by atoms with E-state index in [-0.39, 0.29) is 29.4 Å². The van der Waals surface area contributed by atoms with Gasteiger partial charge in [-0.1, -0.05) is 0 Å². The molecule has 0 unspecified atom stereocenters. The molecule has 21 heavy (non-hydrogen) atoms. The molecule has 1 aromatic carbocycles. The number of ether oxygens (including phenoxy) is 1. The molecule has 0 aliphatic rings. The fourth-order valence-electron chi connectivity index (χ4n) is 2.00. The number of aromatic nitrogens is 2. The van der Waals surface area contributed by atoms with E-state index in [1.807, 2.05) is 22.6 Å². The highest BCUT2D eigenvalue weighted by Gasteiger charge is 2.36. The quantitative estimate of drug-likeness (QED) is 0.567. The average Bonchev–Trinajstić information content (AvgIpc) is 2.81. The molecule has 0 aliphatic heterocycles. The van der Waals surface area contributed by atoms with Crippen LogP contribution in [0.2, 0.25) is 0 Å². The molecule has 0 saturated carbocycles. The molecule has 0 saturated heterocycles. The third kappa shape index (κ3) is 2.99. The number of alkyl halides is 3. The van der Waals surface area contributed by atoms with Crippen LogP contribution in [0, 0.1) is 3.57 Å². The van der Waals surface area contributed by atoms with Crippen LogP contribution in [0.25, 0.3) is 11.0 Å². The summed E-state index contributed by atoms with van der Waals surface area (Å²) >= 11 is 1.88. The first-order valence-corrected chi connectivity index (χ1v) is 7.18. The Morgan fingerprint density at radius 3 is 2.67 bits per heavy atom. The monoisotopic (exact) mass is 412 g/mol. The Bertz CT molecular complexity index is 680. The Balaban J connectivity index is 2.78. The van der Waals surface area contributed by atoms with Gasteiger partial charge in [-0.25, -0.2) is 4.98 Å². The molecule has 0 N–H and O–H groups in total. The lowest BCUT2D eigenvalue weighted by Gasteiger charge is -2.16. The lowest BCUT2D eigenvalue weighted by Crippen LogP contribution is -2.11. The molecule has 1 heterocycles. The SMILES string of the molecule is CC(C)n1cnc2c(I)c(OCC=O)cc(C(F)(F)F)c21. The van der Waals surface area contributed by atoms with Crippen molar-refractivity contribution in [1.29, 1.82) is 0 Å². The number of hydrogen-bond donors (Lipinski definition) is 0. The normalized spacial score (nSPS) is 12.1. The highest BCUT2D eigenvalue weighted by atomic mass is 127. The lowest BCUT2D eigenvalue weighted by atomic mass is 10.1. The van der Waals surface area contributed by atoms with Gasteiger partial charge in [-0.2, -0.15) is 13.2 Å². The van der Waals surface area contributed by atoms with E-state index in [0.717, 1.165) is 6.07 Å². The number of halogens is 4. The fraction of sp³-hybridized carbons (Fsp3) is 0.385. The summed E-state index contributed by atoms with van der Waals surface area (Å²) in [6, 6.07) is 0.766. The van der Waals surface area contributed by atoms with E-state index < -0.39 is 11.7 Å². The molecular formula is C13H12F3IN2O2. The Morgan fingerprint density at radius 1 is 1.48 bits per heavy atom. The average molecular weight is 412 g/mol. The number of imidazole rings is 1. The van der Waals surface area contributed by atoms with E-state index in [9.17, 15) is 18.0 Å². The van der Waals surface area contributed by atoms with Crippen molar-refractivity contribution < 1.29 is 22.7 Å². The van der Waals surface area contributed by atoms with Crippen molar-refractivity contribution in [3.05, 3.63) is 21.5 Å². The molecule has 2 aromatic rings. The van der Waals surface area contributed by atoms with Crippen LogP contribution < -0.4 is 4.74 Å². The molecule has 0 fully saturated rings. The van der Waals surface area contributed by atoms with Crippen LogP contribution in [0.4, 0.5) is 13.2 Å². The number of rotatable bonds is 4. The van der Waals surface area contributed by atoms with Crippen molar-refractivity contribution in [2.75, 3.05) is 6.61 Å². The molecule has 0 amide bonds. The van der Waals surface area contributed by atoms with E-state index in [2.05, 4.69) is 4.98 Å². The minimum atomic E-state index is -4.53. The zero-order chi connectivity index (χ0) is 15.8. The van der Waals surface area contributed by atoms with Gasteiger partial charge in [0.15, 0.2) is 6.29 Å². The summed E-state index contributed by atoms with van der Waals surface area (Å²) in [5.41, 5.74) is -0.564. The maximum absolute atomic E-state index is 13.3. The second-order valence-electron chi connectivity index (χ2n) is 4.65. The summed E-state index contributed by atoms with van der Waals surface area (Å²) in [6.07, 6.45) is -2.66. The van der Waals surface area contributed by atoms with E-state index in [1.54, 1.807) is 13.8 Å². The van der Waals surface area contributed by atoms with Crippen LogP contribution >= 0.6 is 22.6 Å². The van der Waals surface area contributed by atoms with Gasteiger partial charge in [-0.05, 0) is 42.5 Å². The molecule has 0 spiro atoms. The summed E-state index contributed by atoms with van der Waals surface area (Å²) < 4.78 is 46.9. The van der Waals surface area contributed by atoms with Crippen LogP contribution in [0.15, 0.2) is 12.4 Å². The van der Waals surface area contributed by atoms with Gasteiger partial charge >= 0.3 is 6.18 Å².